The average Bonchev–Trinajstić information content (AvgIpc) is 3.13. The monoisotopic (exact) mass is 381 g/mol. The van der Waals surface area contributed by atoms with Gasteiger partial charge in [-0.25, -0.2) is 0 Å². The summed E-state index contributed by atoms with van der Waals surface area (Å²) in [7, 11) is 0. The number of carbonyl (C=O) groups excluding carboxylic acids is 3. The van der Waals surface area contributed by atoms with Crippen LogP contribution in [0.2, 0.25) is 0 Å². The Morgan fingerprint density at radius 2 is 1.89 bits per heavy atom. The van der Waals surface area contributed by atoms with Crippen molar-refractivity contribution in [3.05, 3.63) is 64.7 Å². The quantitative estimate of drug-likeness (QED) is 0.589. The second-order valence-electron chi connectivity index (χ2n) is 6.87. The highest BCUT2D eigenvalue weighted by Crippen LogP contribution is 2.26. The van der Waals surface area contributed by atoms with E-state index in [4.69, 9.17) is 9.47 Å². The molecule has 1 N–H and O–H groups in total. The molecule has 1 unspecified atom stereocenters. The van der Waals surface area contributed by atoms with Gasteiger partial charge in [0.2, 0.25) is 5.91 Å². The highest BCUT2D eigenvalue weighted by molar-refractivity contribution is 5.98. The third-order valence-electron chi connectivity index (χ3n) is 4.60. The van der Waals surface area contributed by atoms with Gasteiger partial charge in [-0.15, -0.1) is 0 Å². The molecule has 1 atom stereocenters. The molecule has 2 aromatic rings. The molecule has 3 rings (SSSR count). The molecule has 0 spiro atoms. The third kappa shape index (κ3) is 4.97. The number of aryl methyl sites for hydroxylation is 1. The van der Waals surface area contributed by atoms with Crippen LogP contribution in [0.1, 0.15) is 46.4 Å². The van der Waals surface area contributed by atoms with E-state index in [1.165, 1.54) is 6.92 Å². The Morgan fingerprint density at radius 3 is 2.61 bits per heavy atom. The minimum Gasteiger partial charge on any atom is -0.493 e. The number of nitrogens with one attached hydrogen (secondary N) is 1. The van der Waals surface area contributed by atoms with E-state index in [9.17, 15) is 14.4 Å². The van der Waals surface area contributed by atoms with E-state index in [1.54, 1.807) is 18.2 Å². The number of ether oxygens (including phenoxy) is 2. The lowest BCUT2D eigenvalue weighted by Crippen LogP contribution is -2.29. The van der Waals surface area contributed by atoms with Crippen LogP contribution in [0.3, 0.4) is 0 Å². The molecule has 1 aliphatic rings. The molecule has 1 heterocycles. The molecule has 0 aliphatic carbocycles. The fourth-order valence-corrected chi connectivity index (χ4v) is 3.11. The molecule has 6 nitrogen and oxygen atoms in total. The van der Waals surface area contributed by atoms with Crippen LogP contribution in [0.15, 0.2) is 42.5 Å². The molecule has 1 aliphatic heterocycles. The molecule has 0 saturated heterocycles. The van der Waals surface area contributed by atoms with Gasteiger partial charge in [0, 0.05) is 18.9 Å². The van der Waals surface area contributed by atoms with Gasteiger partial charge in [0.1, 0.15) is 5.75 Å². The van der Waals surface area contributed by atoms with Crippen LogP contribution in [0.5, 0.6) is 5.75 Å². The van der Waals surface area contributed by atoms with Crippen molar-refractivity contribution in [3.8, 4) is 5.75 Å². The van der Waals surface area contributed by atoms with Crippen molar-refractivity contribution in [2.24, 2.45) is 0 Å². The van der Waals surface area contributed by atoms with Gasteiger partial charge in [-0.2, -0.15) is 0 Å². The fraction of sp³-hybridized carbons (Fsp3) is 0.318. The fourth-order valence-electron chi connectivity index (χ4n) is 3.11. The summed E-state index contributed by atoms with van der Waals surface area (Å²) in [5.41, 5.74) is 3.37. The van der Waals surface area contributed by atoms with Gasteiger partial charge < -0.3 is 14.8 Å². The summed E-state index contributed by atoms with van der Waals surface area (Å²) in [4.78, 5) is 36.1. The molecule has 28 heavy (non-hydrogen) atoms. The molecule has 0 saturated carbocycles. The average molecular weight is 381 g/mol. The van der Waals surface area contributed by atoms with Crippen molar-refractivity contribution >= 4 is 17.7 Å². The molecule has 0 radical (unpaired) electrons. The molecule has 0 aromatic heterocycles. The molecule has 0 bridgehead atoms. The molecule has 6 heteroatoms. The van der Waals surface area contributed by atoms with Crippen molar-refractivity contribution in [1.82, 2.24) is 5.32 Å². The summed E-state index contributed by atoms with van der Waals surface area (Å²) in [6, 6.07) is 12.3. The Bertz CT molecular complexity index is 888. The zero-order valence-corrected chi connectivity index (χ0v) is 16.0. The van der Waals surface area contributed by atoms with E-state index >= 15 is 0 Å². The first-order chi connectivity index (χ1) is 13.4. The van der Waals surface area contributed by atoms with Gasteiger partial charge in [0.15, 0.2) is 12.4 Å². The lowest BCUT2D eigenvalue weighted by atomic mass is 10.0. The first-order valence-electron chi connectivity index (χ1n) is 9.20. The zero-order chi connectivity index (χ0) is 20.1. The Morgan fingerprint density at radius 1 is 1.14 bits per heavy atom. The van der Waals surface area contributed by atoms with E-state index in [2.05, 4.69) is 5.32 Å². The number of rotatable bonds is 7. The van der Waals surface area contributed by atoms with E-state index in [-0.39, 0.29) is 24.7 Å². The highest BCUT2D eigenvalue weighted by atomic mass is 16.5. The van der Waals surface area contributed by atoms with Gasteiger partial charge in [-0.3, -0.25) is 14.4 Å². The second-order valence-corrected chi connectivity index (χ2v) is 6.87. The van der Waals surface area contributed by atoms with E-state index in [0.717, 1.165) is 28.9 Å². The number of Topliss-reactive ketones (excluding diaryl/α,β-unsaturated/α-hetero) is 1. The number of ketones is 1. The number of esters is 1. The van der Waals surface area contributed by atoms with Crippen molar-refractivity contribution in [1.29, 1.82) is 0 Å². The smallest absolute Gasteiger partial charge is 0.308 e. The molecular formula is C22H23NO5. The van der Waals surface area contributed by atoms with E-state index in [1.807, 2.05) is 31.2 Å². The maximum atomic E-state index is 12.3. The number of fused-ring (bicyclic) bond motifs is 1. The van der Waals surface area contributed by atoms with Crippen molar-refractivity contribution < 1.29 is 23.9 Å². The predicted octanol–water partition coefficient (Wildman–Crippen LogP) is 2.92. The second kappa shape index (κ2) is 8.69. The Hall–Kier alpha value is -3.15. The minimum absolute atomic E-state index is 0.0477. The van der Waals surface area contributed by atoms with E-state index < -0.39 is 12.0 Å². The molecular weight excluding hydrogens is 358 g/mol. The van der Waals surface area contributed by atoms with Gasteiger partial charge in [0.25, 0.3) is 0 Å². The first-order valence-corrected chi connectivity index (χ1v) is 9.20. The van der Waals surface area contributed by atoms with Gasteiger partial charge in [-0.05, 0) is 36.2 Å². The lowest BCUT2D eigenvalue weighted by Gasteiger charge is -2.18. The van der Waals surface area contributed by atoms with Crippen LogP contribution in [0.4, 0.5) is 0 Å². The van der Waals surface area contributed by atoms with Crippen LogP contribution in [0, 0.1) is 6.92 Å². The van der Waals surface area contributed by atoms with Gasteiger partial charge >= 0.3 is 5.97 Å². The first kappa shape index (κ1) is 19.6. The normalized spacial score (nSPS) is 13.2. The number of amides is 1. The van der Waals surface area contributed by atoms with Crippen LogP contribution in [-0.2, 0) is 20.7 Å². The van der Waals surface area contributed by atoms with Crippen LogP contribution in [-0.4, -0.2) is 30.9 Å². The summed E-state index contributed by atoms with van der Waals surface area (Å²) < 4.78 is 10.6. The van der Waals surface area contributed by atoms with Gasteiger partial charge in [-0.1, -0.05) is 29.8 Å². The van der Waals surface area contributed by atoms with E-state index in [0.29, 0.717) is 12.2 Å². The summed E-state index contributed by atoms with van der Waals surface area (Å²) >= 11 is 0. The maximum Gasteiger partial charge on any atom is 0.308 e. The lowest BCUT2D eigenvalue weighted by molar-refractivity contribution is -0.143. The Labute approximate surface area is 163 Å². The number of carbonyl (C=O) groups is 3. The number of hydrogen-bond acceptors (Lipinski definition) is 5. The van der Waals surface area contributed by atoms with Crippen molar-refractivity contribution in [2.45, 2.75) is 32.7 Å². The van der Waals surface area contributed by atoms with Crippen LogP contribution >= 0.6 is 0 Å². The zero-order valence-electron chi connectivity index (χ0n) is 16.0. The summed E-state index contributed by atoms with van der Waals surface area (Å²) in [5, 5.41) is 2.76. The predicted molar refractivity (Wildman–Crippen MR) is 103 cm³/mol. The molecule has 0 fully saturated rings. The largest absolute Gasteiger partial charge is 0.493 e. The van der Waals surface area contributed by atoms with Crippen LogP contribution < -0.4 is 10.1 Å². The Kier molecular flexibility index (Phi) is 6.09. The highest BCUT2D eigenvalue weighted by Gasteiger charge is 2.20. The third-order valence-corrected chi connectivity index (χ3v) is 4.60. The number of benzene rings is 2. The maximum absolute atomic E-state index is 12.3. The topological polar surface area (TPSA) is 81.7 Å². The Balaban J connectivity index is 1.58. The minimum atomic E-state index is -0.544. The van der Waals surface area contributed by atoms with Crippen LogP contribution in [0.25, 0.3) is 0 Å². The van der Waals surface area contributed by atoms with Crippen molar-refractivity contribution in [2.75, 3.05) is 13.2 Å². The SMILES string of the molecule is CC(=O)NC(CC(=O)OCC(=O)c1ccc2c(c1)CCO2)c1ccc(C)cc1. The summed E-state index contributed by atoms with van der Waals surface area (Å²) in [6.07, 6.45) is 0.721. The summed E-state index contributed by atoms with van der Waals surface area (Å²) in [5.74, 6) is -0.258. The molecule has 146 valence electrons. The van der Waals surface area contributed by atoms with Crippen molar-refractivity contribution in [3.63, 3.8) is 0 Å². The molecule has 2 aromatic carbocycles. The molecule has 1 amide bonds. The summed E-state index contributed by atoms with van der Waals surface area (Å²) in [6.45, 7) is 3.64. The standard InChI is InChI=1S/C22H23NO5/c1-14-3-5-16(6-4-14)19(23-15(2)24)12-22(26)28-13-20(25)17-7-8-21-18(11-17)9-10-27-21/h3-8,11,19H,9-10,12-13H2,1-2H3,(H,23,24). The van der Waals surface area contributed by atoms with Gasteiger partial charge in [0.05, 0.1) is 19.1 Å². The number of hydrogen-bond donors (Lipinski definition) is 1.